The third-order valence-electron chi connectivity index (χ3n) is 5.99. The van der Waals surface area contributed by atoms with Gasteiger partial charge in [0.1, 0.15) is 12.1 Å². The van der Waals surface area contributed by atoms with Gasteiger partial charge >= 0.3 is 0 Å². The summed E-state index contributed by atoms with van der Waals surface area (Å²) in [6.45, 7) is 2.42. The Kier molecular flexibility index (Phi) is 6.65. The second-order valence-corrected chi connectivity index (χ2v) is 10.7. The second-order valence-electron chi connectivity index (χ2n) is 8.35. The van der Waals surface area contributed by atoms with Crippen LogP contribution < -0.4 is 14.2 Å². The third kappa shape index (κ3) is 5.44. The molecule has 1 saturated heterocycles. The number of sulfone groups is 1. The van der Waals surface area contributed by atoms with Crippen LogP contribution in [0, 0.1) is 0 Å². The van der Waals surface area contributed by atoms with Crippen molar-refractivity contribution >= 4 is 31.6 Å². The molecule has 0 atom stereocenters. The maximum absolute atomic E-state index is 11.6. The van der Waals surface area contributed by atoms with Crippen LogP contribution in [0.4, 0.5) is 0 Å². The van der Waals surface area contributed by atoms with Crippen LogP contribution in [-0.4, -0.2) is 73.1 Å². The Hall–Kier alpha value is -3.50. The first-order chi connectivity index (χ1) is 17.0. The fraction of sp³-hybridized carbons (Fsp3) is 0.320. The number of fused-ring (bicyclic) bond motifs is 2. The molecule has 10 heteroatoms. The number of ether oxygens (including phenoxy) is 3. The van der Waals surface area contributed by atoms with Crippen molar-refractivity contribution in [3.63, 3.8) is 0 Å². The molecule has 0 aliphatic carbocycles. The number of benzene rings is 2. The van der Waals surface area contributed by atoms with E-state index in [9.17, 15) is 8.42 Å². The average Bonchev–Trinajstić information content (AvgIpc) is 2.87. The van der Waals surface area contributed by atoms with Gasteiger partial charge in [-0.1, -0.05) is 6.07 Å². The molecule has 0 amide bonds. The molecule has 182 valence electrons. The smallest absolute Gasteiger partial charge is 0.230 e. The van der Waals surface area contributed by atoms with Gasteiger partial charge in [-0.05, 0) is 30.7 Å². The van der Waals surface area contributed by atoms with E-state index in [1.807, 2.05) is 42.5 Å². The Bertz CT molecular complexity index is 1450. The standard InChI is InChI=1S/C25H26N4O5S/c1-32-23-15-20-22(16-24(23)33-11-3-8-29-9-12-35(30,31)13-10-29)27-17-28-25(20)34-19-6-5-18-4-2-7-26-21(18)14-19/h2,4-7,14-17H,3,8-13H2,1H3. The number of nitrogens with zero attached hydrogens (tertiary/aromatic N) is 4. The first kappa shape index (κ1) is 23.3. The minimum Gasteiger partial charge on any atom is -0.493 e. The number of hydrogen-bond acceptors (Lipinski definition) is 9. The van der Waals surface area contributed by atoms with Gasteiger partial charge in [0.2, 0.25) is 5.88 Å². The summed E-state index contributed by atoms with van der Waals surface area (Å²) in [5, 5.41) is 1.73. The highest BCUT2D eigenvalue weighted by molar-refractivity contribution is 7.91. The van der Waals surface area contributed by atoms with E-state index >= 15 is 0 Å². The van der Waals surface area contributed by atoms with E-state index in [1.165, 1.54) is 6.33 Å². The van der Waals surface area contributed by atoms with Gasteiger partial charge in [0.25, 0.3) is 0 Å². The summed E-state index contributed by atoms with van der Waals surface area (Å²) in [6.07, 6.45) is 3.97. The maximum Gasteiger partial charge on any atom is 0.230 e. The Balaban J connectivity index is 1.29. The minimum absolute atomic E-state index is 0.228. The molecule has 0 saturated carbocycles. The molecule has 0 spiro atoms. The Morgan fingerprint density at radius 2 is 1.83 bits per heavy atom. The van der Waals surface area contributed by atoms with Gasteiger partial charge in [0.05, 0.1) is 41.6 Å². The third-order valence-corrected chi connectivity index (χ3v) is 7.60. The van der Waals surface area contributed by atoms with Crippen LogP contribution in [0.5, 0.6) is 23.1 Å². The Labute approximate surface area is 203 Å². The molecule has 9 nitrogen and oxygen atoms in total. The molecular weight excluding hydrogens is 468 g/mol. The molecule has 5 rings (SSSR count). The predicted molar refractivity (Wildman–Crippen MR) is 133 cm³/mol. The van der Waals surface area contributed by atoms with Crippen molar-refractivity contribution in [1.82, 2.24) is 19.9 Å². The van der Waals surface area contributed by atoms with Crippen molar-refractivity contribution in [2.75, 3.05) is 44.9 Å². The van der Waals surface area contributed by atoms with Gasteiger partial charge in [0, 0.05) is 43.4 Å². The molecule has 1 aliphatic rings. The van der Waals surface area contributed by atoms with Crippen molar-refractivity contribution < 1.29 is 22.6 Å². The van der Waals surface area contributed by atoms with Gasteiger partial charge in [-0.25, -0.2) is 18.4 Å². The number of methoxy groups -OCH3 is 1. The highest BCUT2D eigenvalue weighted by atomic mass is 32.2. The molecule has 0 bridgehead atoms. The first-order valence-electron chi connectivity index (χ1n) is 11.4. The van der Waals surface area contributed by atoms with Crippen LogP contribution in [0.15, 0.2) is 55.0 Å². The number of hydrogen-bond donors (Lipinski definition) is 0. The second kappa shape index (κ2) is 10.0. The normalized spacial score (nSPS) is 15.8. The van der Waals surface area contributed by atoms with E-state index in [0.717, 1.165) is 23.9 Å². The highest BCUT2D eigenvalue weighted by Gasteiger charge is 2.21. The predicted octanol–water partition coefficient (Wildman–Crippen LogP) is 3.48. The number of rotatable bonds is 8. The van der Waals surface area contributed by atoms with Crippen molar-refractivity contribution in [3.05, 3.63) is 55.0 Å². The summed E-state index contributed by atoms with van der Waals surface area (Å²) in [6, 6.07) is 13.2. The molecule has 3 heterocycles. The molecule has 1 aliphatic heterocycles. The van der Waals surface area contributed by atoms with Gasteiger partial charge in [-0.3, -0.25) is 4.98 Å². The molecular formula is C25H26N4O5S. The lowest BCUT2D eigenvalue weighted by atomic mass is 10.2. The lowest BCUT2D eigenvalue weighted by molar-refractivity contribution is 0.240. The Morgan fingerprint density at radius 3 is 2.66 bits per heavy atom. The van der Waals surface area contributed by atoms with Crippen molar-refractivity contribution in [3.8, 4) is 23.1 Å². The maximum atomic E-state index is 11.6. The number of pyridine rings is 1. The van der Waals surface area contributed by atoms with E-state index in [4.69, 9.17) is 14.2 Å². The SMILES string of the molecule is COc1cc2c(Oc3ccc4cccnc4c3)ncnc2cc1OCCCN1CCS(=O)(=O)CC1. The number of aromatic nitrogens is 3. The molecule has 0 N–H and O–H groups in total. The monoisotopic (exact) mass is 494 g/mol. The van der Waals surface area contributed by atoms with Crippen LogP contribution in [0.3, 0.4) is 0 Å². The quantitative estimate of drug-likeness (QED) is 0.341. The molecule has 0 unspecified atom stereocenters. The van der Waals surface area contributed by atoms with E-state index in [0.29, 0.717) is 53.7 Å². The van der Waals surface area contributed by atoms with Crippen LogP contribution in [-0.2, 0) is 9.84 Å². The van der Waals surface area contributed by atoms with Gasteiger partial charge in [0.15, 0.2) is 21.3 Å². The summed E-state index contributed by atoms with van der Waals surface area (Å²) < 4.78 is 40.8. The summed E-state index contributed by atoms with van der Waals surface area (Å²) in [4.78, 5) is 15.2. The minimum atomic E-state index is -2.87. The van der Waals surface area contributed by atoms with Crippen molar-refractivity contribution in [2.24, 2.45) is 0 Å². The topological polar surface area (TPSA) is 104 Å². The van der Waals surface area contributed by atoms with E-state index < -0.39 is 9.84 Å². The summed E-state index contributed by atoms with van der Waals surface area (Å²) in [5.74, 6) is 2.64. The van der Waals surface area contributed by atoms with E-state index in [1.54, 1.807) is 13.3 Å². The fourth-order valence-electron chi connectivity index (χ4n) is 4.06. The van der Waals surface area contributed by atoms with E-state index in [2.05, 4.69) is 19.9 Å². The largest absolute Gasteiger partial charge is 0.493 e. The molecule has 2 aromatic carbocycles. The lowest BCUT2D eigenvalue weighted by Gasteiger charge is -2.26. The first-order valence-corrected chi connectivity index (χ1v) is 13.2. The van der Waals surface area contributed by atoms with Crippen LogP contribution >= 0.6 is 0 Å². The average molecular weight is 495 g/mol. The summed E-state index contributed by atoms with van der Waals surface area (Å²) >= 11 is 0. The van der Waals surface area contributed by atoms with Gasteiger partial charge in [-0.2, -0.15) is 0 Å². The molecule has 4 aromatic rings. The zero-order chi connectivity index (χ0) is 24.3. The molecule has 2 aromatic heterocycles. The van der Waals surface area contributed by atoms with Gasteiger partial charge in [-0.15, -0.1) is 0 Å². The zero-order valence-electron chi connectivity index (χ0n) is 19.4. The molecule has 1 fully saturated rings. The van der Waals surface area contributed by atoms with Crippen LogP contribution in [0.1, 0.15) is 6.42 Å². The highest BCUT2D eigenvalue weighted by Crippen LogP contribution is 2.36. The van der Waals surface area contributed by atoms with Crippen LogP contribution in [0.2, 0.25) is 0 Å². The van der Waals surface area contributed by atoms with Gasteiger partial charge < -0.3 is 19.1 Å². The van der Waals surface area contributed by atoms with Crippen LogP contribution in [0.25, 0.3) is 21.8 Å². The van der Waals surface area contributed by atoms with Crippen molar-refractivity contribution in [2.45, 2.75) is 6.42 Å². The molecule has 35 heavy (non-hydrogen) atoms. The summed E-state index contributed by atoms with van der Waals surface area (Å²) in [5.41, 5.74) is 1.51. The summed E-state index contributed by atoms with van der Waals surface area (Å²) in [7, 11) is -1.28. The fourth-order valence-corrected chi connectivity index (χ4v) is 5.34. The Morgan fingerprint density at radius 1 is 0.971 bits per heavy atom. The lowest BCUT2D eigenvalue weighted by Crippen LogP contribution is -2.40. The zero-order valence-corrected chi connectivity index (χ0v) is 20.2. The molecule has 0 radical (unpaired) electrons. The van der Waals surface area contributed by atoms with Crippen molar-refractivity contribution in [1.29, 1.82) is 0 Å². The van der Waals surface area contributed by atoms with E-state index in [-0.39, 0.29) is 11.5 Å².